The van der Waals surface area contributed by atoms with Crippen LogP contribution in [-0.4, -0.2) is 31.3 Å². The lowest BCUT2D eigenvalue weighted by atomic mass is 10.2. The standard InChI is InChI=1S/C19H26F3NO4/c1-2-3-4-5-6-13-26-16-9-7-15(8-10-16)14-23-12-11-17(24)27-18(25)19(20,21)22/h7-10,23H,2-6,11-14H2,1H3. The molecule has 1 aromatic carbocycles. The van der Waals surface area contributed by atoms with Crippen LogP contribution < -0.4 is 10.1 Å². The van der Waals surface area contributed by atoms with E-state index in [0.717, 1.165) is 24.2 Å². The van der Waals surface area contributed by atoms with Gasteiger partial charge in [-0.25, -0.2) is 4.79 Å². The molecule has 1 aromatic rings. The van der Waals surface area contributed by atoms with E-state index in [2.05, 4.69) is 17.0 Å². The highest BCUT2D eigenvalue weighted by Crippen LogP contribution is 2.17. The molecule has 0 amide bonds. The Hall–Kier alpha value is -2.09. The van der Waals surface area contributed by atoms with Crippen molar-refractivity contribution >= 4 is 11.9 Å². The Labute approximate surface area is 157 Å². The van der Waals surface area contributed by atoms with Crippen LogP contribution in [0.1, 0.15) is 51.0 Å². The van der Waals surface area contributed by atoms with E-state index in [0.29, 0.717) is 13.2 Å². The van der Waals surface area contributed by atoms with Gasteiger partial charge in [-0.2, -0.15) is 13.2 Å². The normalized spacial score (nSPS) is 11.3. The van der Waals surface area contributed by atoms with Gasteiger partial charge in [0.15, 0.2) is 0 Å². The van der Waals surface area contributed by atoms with Crippen LogP contribution in [0, 0.1) is 0 Å². The highest BCUT2D eigenvalue weighted by molar-refractivity contribution is 5.88. The molecule has 0 radical (unpaired) electrons. The van der Waals surface area contributed by atoms with Crippen molar-refractivity contribution in [3.8, 4) is 5.75 Å². The van der Waals surface area contributed by atoms with Gasteiger partial charge in [0.05, 0.1) is 13.0 Å². The van der Waals surface area contributed by atoms with Crippen LogP contribution in [0.2, 0.25) is 0 Å². The summed E-state index contributed by atoms with van der Waals surface area (Å²) in [6.45, 7) is 3.38. The first-order chi connectivity index (χ1) is 12.8. The molecule has 0 aliphatic heterocycles. The molecule has 0 aliphatic rings. The van der Waals surface area contributed by atoms with Crippen molar-refractivity contribution in [1.82, 2.24) is 5.32 Å². The minimum Gasteiger partial charge on any atom is -0.494 e. The second-order valence-corrected chi connectivity index (χ2v) is 6.09. The molecule has 8 heteroatoms. The first-order valence-corrected chi connectivity index (χ1v) is 9.07. The predicted octanol–water partition coefficient (Wildman–Crippen LogP) is 4.15. The number of hydrogen-bond donors (Lipinski definition) is 1. The van der Waals surface area contributed by atoms with E-state index in [9.17, 15) is 22.8 Å². The molecule has 0 fully saturated rings. The fourth-order valence-corrected chi connectivity index (χ4v) is 2.23. The van der Waals surface area contributed by atoms with E-state index in [-0.39, 0.29) is 13.0 Å². The number of carbonyl (C=O) groups excluding carboxylic acids is 2. The van der Waals surface area contributed by atoms with E-state index in [1.165, 1.54) is 19.3 Å². The van der Waals surface area contributed by atoms with Crippen LogP contribution in [0.3, 0.4) is 0 Å². The Kier molecular flexibility index (Phi) is 10.5. The molecule has 0 bridgehead atoms. The highest BCUT2D eigenvalue weighted by Gasteiger charge is 2.42. The Morgan fingerprint density at radius 1 is 1.04 bits per heavy atom. The van der Waals surface area contributed by atoms with Gasteiger partial charge < -0.3 is 14.8 Å². The van der Waals surface area contributed by atoms with Gasteiger partial charge in [-0.3, -0.25) is 4.79 Å². The number of rotatable bonds is 12. The van der Waals surface area contributed by atoms with Gasteiger partial charge >= 0.3 is 18.1 Å². The Balaban J connectivity index is 2.17. The lowest BCUT2D eigenvalue weighted by molar-refractivity contribution is -0.201. The summed E-state index contributed by atoms with van der Waals surface area (Å²) in [4.78, 5) is 21.6. The molecule has 27 heavy (non-hydrogen) atoms. The second-order valence-electron chi connectivity index (χ2n) is 6.09. The zero-order valence-electron chi connectivity index (χ0n) is 15.4. The van der Waals surface area contributed by atoms with Gasteiger partial charge in [-0.15, -0.1) is 0 Å². The fourth-order valence-electron chi connectivity index (χ4n) is 2.23. The summed E-state index contributed by atoms with van der Waals surface area (Å²) in [5.74, 6) is -2.93. The van der Waals surface area contributed by atoms with Gasteiger partial charge in [0.2, 0.25) is 0 Å². The van der Waals surface area contributed by atoms with Crippen LogP contribution in [0.15, 0.2) is 24.3 Å². The smallest absolute Gasteiger partial charge is 0.491 e. The van der Waals surface area contributed by atoms with E-state index < -0.39 is 18.1 Å². The van der Waals surface area contributed by atoms with Crippen LogP contribution in [-0.2, 0) is 20.9 Å². The average molecular weight is 389 g/mol. The number of alkyl halides is 3. The van der Waals surface area contributed by atoms with Gasteiger partial charge in [-0.05, 0) is 24.1 Å². The molecule has 1 rings (SSSR count). The van der Waals surface area contributed by atoms with Crippen molar-refractivity contribution in [3.05, 3.63) is 29.8 Å². The van der Waals surface area contributed by atoms with Crippen molar-refractivity contribution in [2.45, 2.75) is 58.2 Å². The van der Waals surface area contributed by atoms with Crippen molar-refractivity contribution in [2.75, 3.05) is 13.2 Å². The monoisotopic (exact) mass is 389 g/mol. The zero-order valence-corrected chi connectivity index (χ0v) is 15.4. The van der Waals surface area contributed by atoms with Gasteiger partial charge in [0, 0.05) is 13.1 Å². The summed E-state index contributed by atoms with van der Waals surface area (Å²) in [7, 11) is 0. The summed E-state index contributed by atoms with van der Waals surface area (Å²) in [6.07, 6.45) is 0.371. The number of halogens is 3. The molecule has 0 saturated carbocycles. The molecule has 0 aromatic heterocycles. The summed E-state index contributed by atoms with van der Waals surface area (Å²) in [5, 5.41) is 2.90. The maximum atomic E-state index is 11.9. The molecule has 0 saturated heterocycles. The number of carbonyl (C=O) groups is 2. The second kappa shape index (κ2) is 12.3. The fraction of sp³-hybridized carbons (Fsp3) is 0.579. The molecule has 0 heterocycles. The van der Waals surface area contributed by atoms with E-state index in [4.69, 9.17) is 4.74 Å². The van der Waals surface area contributed by atoms with Gasteiger partial charge in [0.1, 0.15) is 5.75 Å². The molecule has 0 atom stereocenters. The molecular formula is C19H26F3NO4. The molecule has 152 valence electrons. The number of nitrogens with one attached hydrogen (secondary N) is 1. The number of unbranched alkanes of at least 4 members (excludes halogenated alkanes) is 4. The lowest BCUT2D eigenvalue weighted by Crippen LogP contribution is -2.29. The lowest BCUT2D eigenvalue weighted by Gasteiger charge is -2.08. The Morgan fingerprint density at radius 2 is 1.70 bits per heavy atom. The molecule has 1 N–H and O–H groups in total. The van der Waals surface area contributed by atoms with Crippen LogP contribution >= 0.6 is 0 Å². The van der Waals surface area contributed by atoms with Crippen molar-refractivity contribution < 1.29 is 32.2 Å². The summed E-state index contributed by atoms with van der Waals surface area (Å²) >= 11 is 0. The Morgan fingerprint density at radius 3 is 2.33 bits per heavy atom. The minimum atomic E-state index is -5.16. The molecule has 5 nitrogen and oxygen atoms in total. The average Bonchev–Trinajstić information content (AvgIpc) is 2.62. The molecule has 0 spiro atoms. The largest absolute Gasteiger partial charge is 0.494 e. The molecular weight excluding hydrogens is 363 g/mol. The quantitative estimate of drug-likeness (QED) is 0.331. The third kappa shape index (κ3) is 10.6. The maximum Gasteiger partial charge on any atom is 0.491 e. The maximum absolute atomic E-state index is 11.9. The summed E-state index contributed by atoms with van der Waals surface area (Å²) in [6, 6.07) is 7.43. The third-order valence-electron chi connectivity index (χ3n) is 3.71. The number of esters is 2. The molecule has 0 aliphatic carbocycles. The van der Waals surface area contributed by atoms with Crippen LogP contribution in [0.5, 0.6) is 5.75 Å². The van der Waals surface area contributed by atoms with Crippen molar-refractivity contribution in [2.24, 2.45) is 0 Å². The SMILES string of the molecule is CCCCCCCOc1ccc(CNCCC(=O)OC(=O)C(F)(F)F)cc1. The summed E-state index contributed by atoms with van der Waals surface area (Å²) in [5.41, 5.74) is 0.935. The minimum absolute atomic E-state index is 0.0972. The highest BCUT2D eigenvalue weighted by atomic mass is 19.4. The number of hydrogen-bond acceptors (Lipinski definition) is 5. The van der Waals surface area contributed by atoms with Crippen LogP contribution in [0.25, 0.3) is 0 Å². The predicted molar refractivity (Wildman–Crippen MR) is 94.2 cm³/mol. The van der Waals surface area contributed by atoms with Crippen molar-refractivity contribution in [1.29, 1.82) is 0 Å². The van der Waals surface area contributed by atoms with Crippen molar-refractivity contribution in [3.63, 3.8) is 0 Å². The Bertz CT molecular complexity index is 573. The van der Waals surface area contributed by atoms with E-state index >= 15 is 0 Å². The van der Waals surface area contributed by atoms with E-state index in [1.807, 2.05) is 24.3 Å². The van der Waals surface area contributed by atoms with Gasteiger partial charge in [0.25, 0.3) is 0 Å². The summed E-state index contributed by atoms with van der Waals surface area (Å²) < 4.78 is 45.2. The topological polar surface area (TPSA) is 64.6 Å². The molecule has 0 unspecified atom stereocenters. The number of benzene rings is 1. The first kappa shape index (κ1) is 23.0. The number of ether oxygens (including phenoxy) is 2. The zero-order chi connectivity index (χ0) is 20.1. The van der Waals surface area contributed by atoms with E-state index in [1.54, 1.807) is 0 Å². The third-order valence-corrected chi connectivity index (χ3v) is 3.71. The van der Waals surface area contributed by atoms with Gasteiger partial charge in [-0.1, -0.05) is 44.7 Å². The first-order valence-electron chi connectivity index (χ1n) is 9.07. The van der Waals surface area contributed by atoms with Crippen LogP contribution in [0.4, 0.5) is 13.2 Å².